The van der Waals surface area contributed by atoms with Gasteiger partial charge in [-0.15, -0.1) is 0 Å². The normalized spacial score (nSPS) is 14.1. The fourth-order valence-electron chi connectivity index (χ4n) is 1.04. The number of hydrogen-bond acceptors (Lipinski definition) is 3. The molecule has 0 aromatic heterocycles. The zero-order valence-corrected chi connectivity index (χ0v) is 8.32. The van der Waals surface area contributed by atoms with E-state index in [-0.39, 0.29) is 0 Å². The highest BCUT2D eigenvalue weighted by Crippen LogP contribution is 2.45. The van der Waals surface area contributed by atoms with Crippen LogP contribution in [-0.4, -0.2) is 50.0 Å². The van der Waals surface area contributed by atoms with Gasteiger partial charge in [0.2, 0.25) is 0 Å². The van der Waals surface area contributed by atoms with Gasteiger partial charge in [0.15, 0.2) is 0 Å². The minimum Gasteiger partial charge on any atom is -0.440 e. The van der Waals surface area contributed by atoms with Crippen molar-refractivity contribution in [3.8, 4) is 0 Å². The van der Waals surface area contributed by atoms with Gasteiger partial charge in [-0.3, -0.25) is 4.79 Å². The van der Waals surface area contributed by atoms with Crippen LogP contribution in [0.1, 0.15) is 0 Å². The number of hydrogen-bond donors (Lipinski definition) is 0. The molecular formula is C7H9F6NO2. The van der Waals surface area contributed by atoms with Crippen molar-refractivity contribution in [2.75, 3.05) is 20.6 Å². The molecule has 0 unspecified atom stereocenters. The maximum atomic E-state index is 12.4. The summed E-state index contributed by atoms with van der Waals surface area (Å²) in [5.41, 5.74) is -4.49. The van der Waals surface area contributed by atoms with E-state index in [9.17, 15) is 31.1 Å². The molecule has 0 heterocycles. The zero-order valence-electron chi connectivity index (χ0n) is 8.32. The van der Waals surface area contributed by atoms with Gasteiger partial charge in [0.1, 0.15) is 0 Å². The van der Waals surface area contributed by atoms with Gasteiger partial charge in [0.25, 0.3) is 6.47 Å². The summed E-state index contributed by atoms with van der Waals surface area (Å²) in [6.45, 7) is -2.39. The van der Waals surface area contributed by atoms with Crippen molar-refractivity contribution >= 4 is 6.47 Å². The van der Waals surface area contributed by atoms with Crippen LogP contribution in [0.4, 0.5) is 26.3 Å². The van der Waals surface area contributed by atoms with E-state index in [4.69, 9.17) is 0 Å². The molecule has 3 nitrogen and oxygen atoms in total. The van der Waals surface area contributed by atoms with Crippen molar-refractivity contribution < 1.29 is 35.9 Å². The first-order valence-corrected chi connectivity index (χ1v) is 3.87. The summed E-state index contributed by atoms with van der Waals surface area (Å²) in [6.07, 6.45) is -11.5. The summed E-state index contributed by atoms with van der Waals surface area (Å²) in [5, 5.41) is 0. The number of likely N-dealkylation sites (N-methyl/N-ethyl adjacent to an activating group) is 1. The number of carbonyl (C=O) groups is 1. The first kappa shape index (κ1) is 15.0. The minimum absolute atomic E-state index is 0.629. The van der Waals surface area contributed by atoms with E-state index in [0.717, 1.165) is 14.1 Å². The van der Waals surface area contributed by atoms with Gasteiger partial charge in [-0.1, -0.05) is 0 Å². The predicted molar refractivity (Wildman–Crippen MR) is 40.5 cm³/mol. The monoisotopic (exact) mass is 253 g/mol. The number of nitrogens with zero attached hydrogens (tertiary/aromatic N) is 1. The van der Waals surface area contributed by atoms with Crippen LogP contribution >= 0.6 is 0 Å². The van der Waals surface area contributed by atoms with Gasteiger partial charge >= 0.3 is 18.0 Å². The highest BCUT2D eigenvalue weighted by Gasteiger charge is 2.73. The van der Waals surface area contributed by atoms with Crippen molar-refractivity contribution in [3.05, 3.63) is 0 Å². The summed E-state index contributed by atoms with van der Waals surface area (Å²) in [6, 6.07) is 0. The van der Waals surface area contributed by atoms with Crippen molar-refractivity contribution in [2.45, 2.75) is 18.0 Å². The van der Waals surface area contributed by atoms with E-state index in [2.05, 4.69) is 4.74 Å². The lowest BCUT2D eigenvalue weighted by molar-refractivity contribution is -0.368. The molecule has 0 spiro atoms. The van der Waals surface area contributed by atoms with Crippen LogP contribution in [-0.2, 0) is 9.53 Å². The molecule has 0 rings (SSSR count). The molecule has 9 heteroatoms. The third-order valence-electron chi connectivity index (χ3n) is 1.70. The van der Waals surface area contributed by atoms with E-state index >= 15 is 0 Å². The van der Waals surface area contributed by atoms with E-state index in [1.165, 1.54) is 0 Å². The van der Waals surface area contributed by atoms with Gasteiger partial charge in [-0.2, -0.15) is 26.3 Å². The van der Waals surface area contributed by atoms with Crippen LogP contribution in [0.15, 0.2) is 0 Å². The van der Waals surface area contributed by atoms with E-state index in [0.29, 0.717) is 4.90 Å². The molecule has 0 amide bonds. The molecule has 0 atom stereocenters. The second-order valence-electron chi connectivity index (χ2n) is 3.27. The maximum Gasteiger partial charge on any atom is 0.438 e. The Hall–Kier alpha value is -0.990. The summed E-state index contributed by atoms with van der Waals surface area (Å²) < 4.78 is 77.6. The maximum absolute atomic E-state index is 12.4. The van der Waals surface area contributed by atoms with Crippen LogP contribution in [0.2, 0.25) is 0 Å². The first-order valence-electron chi connectivity index (χ1n) is 3.87. The molecule has 16 heavy (non-hydrogen) atoms. The Bertz CT molecular complexity index is 232. The Morgan fingerprint density at radius 3 is 1.62 bits per heavy atom. The molecule has 0 radical (unpaired) electrons. The van der Waals surface area contributed by atoms with Crippen LogP contribution in [0.25, 0.3) is 0 Å². The van der Waals surface area contributed by atoms with Crippen LogP contribution < -0.4 is 0 Å². The van der Waals surface area contributed by atoms with E-state index in [1.54, 1.807) is 0 Å². The highest BCUT2D eigenvalue weighted by molar-refractivity contribution is 5.39. The van der Waals surface area contributed by atoms with Gasteiger partial charge in [0.05, 0.1) is 6.54 Å². The molecule has 96 valence electrons. The van der Waals surface area contributed by atoms with Gasteiger partial charge < -0.3 is 9.64 Å². The summed E-state index contributed by atoms with van der Waals surface area (Å²) in [5.74, 6) is 0. The average molecular weight is 253 g/mol. The smallest absolute Gasteiger partial charge is 0.438 e. The molecule has 0 bridgehead atoms. The number of alkyl halides is 6. The van der Waals surface area contributed by atoms with Crippen LogP contribution in [0, 0.1) is 0 Å². The minimum atomic E-state index is -5.74. The van der Waals surface area contributed by atoms with Gasteiger partial charge in [-0.05, 0) is 14.1 Å². The molecule has 0 aliphatic heterocycles. The lowest BCUT2D eigenvalue weighted by atomic mass is 10.0. The Morgan fingerprint density at radius 2 is 1.44 bits per heavy atom. The number of halogens is 6. The lowest BCUT2D eigenvalue weighted by Gasteiger charge is -2.36. The van der Waals surface area contributed by atoms with E-state index < -0.39 is 31.0 Å². The molecule has 0 saturated heterocycles. The molecule has 0 saturated carbocycles. The molecule has 0 aromatic carbocycles. The molecule has 0 aliphatic rings. The third kappa shape index (κ3) is 2.77. The Balaban J connectivity index is 5.49. The van der Waals surface area contributed by atoms with Gasteiger partial charge in [0, 0.05) is 0 Å². The lowest BCUT2D eigenvalue weighted by Crippen LogP contribution is -2.63. The number of rotatable bonds is 4. The van der Waals surface area contributed by atoms with E-state index in [1.807, 2.05) is 0 Å². The number of carbonyl (C=O) groups excluding carboxylic acids is 1. The third-order valence-corrected chi connectivity index (χ3v) is 1.70. The van der Waals surface area contributed by atoms with Crippen LogP contribution in [0.5, 0.6) is 0 Å². The second kappa shape index (κ2) is 4.48. The van der Waals surface area contributed by atoms with Crippen LogP contribution in [0.3, 0.4) is 0 Å². The standard InChI is InChI=1S/C7H9F6NO2/c1-14(2)3-5(16-4-15,6(8,9)10)7(11,12)13/h4H,3H2,1-2H3. The topological polar surface area (TPSA) is 29.5 Å². The zero-order chi connectivity index (χ0) is 13.2. The quantitative estimate of drug-likeness (QED) is 0.562. The van der Waals surface area contributed by atoms with Crippen molar-refractivity contribution in [1.82, 2.24) is 4.90 Å². The first-order chi connectivity index (χ1) is 6.98. The fourth-order valence-corrected chi connectivity index (χ4v) is 1.04. The second-order valence-corrected chi connectivity index (χ2v) is 3.27. The Labute approximate surface area is 87.0 Å². The SMILES string of the molecule is CN(C)CC(OC=O)(C(F)(F)F)C(F)(F)F. The highest BCUT2D eigenvalue weighted by atomic mass is 19.4. The summed E-state index contributed by atoms with van der Waals surface area (Å²) >= 11 is 0. The predicted octanol–water partition coefficient (Wildman–Crippen LogP) is 1.58. The molecular weight excluding hydrogens is 244 g/mol. The van der Waals surface area contributed by atoms with Crippen molar-refractivity contribution in [3.63, 3.8) is 0 Å². The van der Waals surface area contributed by atoms with Crippen molar-refractivity contribution in [2.24, 2.45) is 0 Å². The van der Waals surface area contributed by atoms with Gasteiger partial charge in [-0.25, -0.2) is 0 Å². The average Bonchev–Trinajstić information content (AvgIpc) is 1.98. The molecule has 0 aromatic rings. The fraction of sp³-hybridized carbons (Fsp3) is 0.857. The summed E-state index contributed by atoms with van der Waals surface area (Å²) in [7, 11) is 2.00. The number of ether oxygens (including phenoxy) is 1. The summed E-state index contributed by atoms with van der Waals surface area (Å²) in [4.78, 5) is 10.5. The Morgan fingerprint density at radius 1 is 1.06 bits per heavy atom. The molecule has 0 N–H and O–H groups in total. The largest absolute Gasteiger partial charge is 0.440 e. The molecule has 0 aliphatic carbocycles. The molecule has 0 fully saturated rings. The van der Waals surface area contributed by atoms with Crippen molar-refractivity contribution in [1.29, 1.82) is 0 Å². The Kier molecular flexibility index (Phi) is 4.20.